The molecule has 1 aliphatic carbocycles. The Kier molecular flexibility index (Phi) is 6.18. The Morgan fingerprint density at radius 3 is 2.00 bits per heavy atom. The lowest BCUT2D eigenvalue weighted by Gasteiger charge is -2.42. The molecule has 1 aliphatic rings. The van der Waals surface area contributed by atoms with Crippen molar-refractivity contribution in [1.29, 1.82) is 0 Å². The van der Waals surface area contributed by atoms with Crippen LogP contribution in [0.5, 0.6) is 0 Å². The van der Waals surface area contributed by atoms with E-state index in [1.54, 1.807) is 0 Å². The number of nitrogens with zero attached hydrogens (tertiary/aromatic N) is 1. The van der Waals surface area contributed by atoms with Gasteiger partial charge in [-0.05, 0) is 37.6 Å². The van der Waals surface area contributed by atoms with Gasteiger partial charge in [-0.25, -0.2) is 0 Å². The molecule has 0 amide bonds. The van der Waals surface area contributed by atoms with Gasteiger partial charge < -0.3 is 4.90 Å². The van der Waals surface area contributed by atoms with E-state index in [0.29, 0.717) is 16.9 Å². The molecule has 1 nitrogen and oxygen atoms in total. The number of halogens is 1. The van der Waals surface area contributed by atoms with Gasteiger partial charge in [0.15, 0.2) is 0 Å². The molecule has 1 rings (SSSR count). The highest BCUT2D eigenvalue weighted by Crippen LogP contribution is 2.38. The zero-order valence-corrected chi connectivity index (χ0v) is 14.6. The van der Waals surface area contributed by atoms with Crippen molar-refractivity contribution in [2.75, 3.05) is 18.9 Å². The van der Waals surface area contributed by atoms with E-state index >= 15 is 0 Å². The number of hydrogen-bond acceptors (Lipinski definition) is 1. The molecule has 0 spiro atoms. The van der Waals surface area contributed by atoms with Crippen molar-refractivity contribution >= 4 is 15.9 Å². The Bertz CT molecular complexity index is 236. The molecular weight excluding hydrogens is 286 g/mol. The van der Waals surface area contributed by atoms with Crippen LogP contribution in [0.1, 0.15) is 66.2 Å². The van der Waals surface area contributed by atoms with Crippen LogP contribution in [0.15, 0.2) is 0 Å². The fourth-order valence-electron chi connectivity index (χ4n) is 3.14. The maximum Gasteiger partial charge on any atom is 0.0113 e. The molecule has 1 fully saturated rings. The minimum Gasteiger partial charge on any atom is -0.303 e. The molecule has 0 aromatic rings. The van der Waals surface area contributed by atoms with Crippen LogP contribution in [-0.2, 0) is 0 Å². The molecule has 2 heteroatoms. The molecule has 18 heavy (non-hydrogen) atoms. The maximum absolute atomic E-state index is 3.80. The molecule has 108 valence electrons. The molecule has 0 bridgehead atoms. The first-order valence-corrected chi connectivity index (χ1v) is 8.69. The summed E-state index contributed by atoms with van der Waals surface area (Å²) >= 11 is 3.80. The highest BCUT2D eigenvalue weighted by atomic mass is 79.9. The van der Waals surface area contributed by atoms with E-state index < -0.39 is 0 Å². The summed E-state index contributed by atoms with van der Waals surface area (Å²) in [5.74, 6) is 0. The monoisotopic (exact) mass is 317 g/mol. The third kappa shape index (κ3) is 4.52. The standard InChI is InChI=1S/C16H32BrN/c1-14(15(2,3)4)18(5)13-16(12-17)10-8-6-7-9-11-16/h14H,6-13H2,1-5H3. The Hall–Kier alpha value is 0.440. The van der Waals surface area contributed by atoms with Crippen molar-refractivity contribution in [3.05, 3.63) is 0 Å². The van der Waals surface area contributed by atoms with Gasteiger partial charge in [0.05, 0.1) is 0 Å². The highest BCUT2D eigenvalue weighted by molar-refractivity contribution is 9.09. The Morgan fingerprint density at radius 2 is 1.61 bits per heavy atom. The lowest BCUT2D eigenvalue weighted by atomic mass is 9.80. The molecule has 0 aromatic carbocycles. The van der Waals surface area contributed by atoms with Crippen molar-refractivity contribution in [3.8, 4) is 0 Å². The Morgan fingerprint density at radius 1 is 1.11 bits per heavy atom. The Balaban J connectivity index is 2.66. The number of alkyl halides is 1. The topological polar surface area (TPSA) is 3.24 Å². The van der Waals surface area contributed by atoms with Crippen LogP contribution in [0.3, 0.4) is 0 Å². The van der Waals surface area contributed by atoms with Crippen LogP contribution in [0, 0.1) is 10.8 Å². The first-order chi connectivity index (χ1) is 8.31. The van der Waals surface area contributed by atoms with E-state index in [-0.39, 0.29) is 0 Å². The summed E-state index contributed by atoms with van der Waals surface area (Å²) in [6, 6.07) is 0.636. The van der Waals surface area contributed by atoms with E-state index in [4.69, 9.17) is 0 Å². The fraction of sp³-hybridized carbons (Fsp3) is 1.00. The summed E-state index contributed by atoms with van der Waals surface area (Å²) in [5, 5.41) is 1.17. The second-order valence-corrected chi connectivity index (χ2v) is 8.07. The van der Waals surface area contributed by atoms with Gasteiger partial charge in [0, 0.05) is 17.9 Å². The number of hydrogen-bond donors (Lipinski definition) is 0. The molecule has 0 N–H and O–H groups in total. The molecule has 0 aromatic heterocycles. The van der Waals surface area contributed by atoms with Gasteiger partial charge in [0.2, 0.25) is 0 Å². The molecule has 0 heterocycles. The third-order valence-corrected chi connectivity index (χ3v) is 6.14. The second kappa shape index (κ2) is 6.74. The third-order valence-electron chi connectivity index (χ3n) is 4.95. The molecule has 0 radical (unpaired) electrons. The summed E-state index contributed by atoms with van der Waals surface area (Å²) in [7, 11) is 2.31. The molecule has 1 atom stereocenters. The van der Waals surface area contributed by atoms with Gasteiger partial charge in [-0.1, -0.05) is 62.4 Å². The minimum absolute atomic E-state index is 0.368. The zero-order valence-electron chi connectivity index (χ0n) is 13.1. The molecule has 1 saturated carbocycles. The van der Waals surface area contributed by atoms with Crippen molar-refractivity contribution in [3.63, 3.8) is 0 Å². The van der Waals surface area contributed by atoms with Gasteiger partial charge in [-0.2, -0.15) is 0 Å². The molecule has 0 aliphatic heterocycles. The average molecular weight is 318 g/mol. The van der Waals surface area contributed by atoms with Crippen LogP contribution in [0.25, 0.3) is 0 Å². The smallest absolute Gasteiger partial charge is 0.0113 e. The first-order valence-electron chi connectivity index (χ1n) is 7.57. The van der Waals surface area contributed by atoms with Crippen LogP contribution in [-0.4, -0.2) is 29.9 Å². The van der Waals surface area contributed by atoms with Gasteiger partial charge in [0.1, 0.15) is 0 Å². The summed E-state index contributed by atoms with van der Waals surface area (Å²) in [6.45, 7) is 10.7. The SMILES string of the molecule is CC(N(C)CC1(CBr)CCCCCC1)C(C)(C)C. The quantitative estimate of drug-likeness (QED) is 0.515. The van der Waals surface area contributed by atoms with Gasteiger partial charge >= 0.3 is 0 Å². The summed E-state index contributed by atoms with van der Waals surface area (Å²) in [5.41, 5.74) is 0.887. The molecule has 0 saturated heterocycles. The van der Waals surface area contributed by atoms with E-state index in [9.17, 15) is 0 Å². The van der Waals surface area contributed by atoms with E-state index in [2.05, 4.69) is 55.6 Å². The maximum atomic E-state index is 3.80. The predicted molar refractivity (Wildman–Crippen MR) is 85.5 cm³/mol. The lowest BCUT2D eigenvalue weighted by molar-refractivity contribution is 0.0861. The van der Waals surface area contributed by atoms with E-state index in [1.807, 2.05) is 0 Å². The van der Waals surface area contributed by atoms with Crippen LogP contribution >= 0.6 is 15.9 Å². The zero-order chi connectivity index (χ0) is 13.8. The Labute approximate surface area is 123 Å². The fourth-order valence-corrected chi connectivity index (χ4v) is 3.88. The van der Waals surface area contributed by atoms with Gasteiger partial charge in [0.25, 0.3) is 0 Å². The first kappa shape index (κ1) is 16.5. The van der Waals surface area contributed by atoms with Crippen molar-refractivity contribution < 1.29 is 0 Å². The van der Waals surface area contributed by atoms with E-state index in [1.165, 1.54) is 50.4 Å². The normalized spacial score (nSPS) is 22.8. The van der Waals surface area contributed by atoms with Crippen LogP contribution < -0.4 is 0 Å². The predicted octanol–water partition coefficient (Wildman–Crippen LogP) is 5.09. The van der Waals surface area contributed by atoms with Crippen LogP contribution in [0.4, 0.5) is 0 Å². The van der Waals surface area contributed by atoms with E-state index in [0.717, 1.165) is 0 Å². The largest absolute Gasteiger partial charge is 0.303 e. The summed E-state index contributed by atoms with van der Waals surface area (Å²) in [6.07, 6.45) is 8.52. The average Bonchev–Trinajstić information content (AvgIpc) is 2.53. The minimum atomic E-state index is 0.368. The lowest BCUT2D eigenvalue weighted by Crippen LogP contribution is -2.46. The van der Waals surface area contributed by atoms with Crippen molar-refractivity contribution in [2.24, 2.45) is 10.8 Å². The number of rotatable bonds is 4. The van der Waals surface area contributed by atoms with Gasteiger partial charge in [-0.3, -0.25) is 0 Å². The second-order valence-electron chi connectivity index (χ2n) is 7.50. The summed E-state index contributed by atoms with van der Waals surface area (Å²) in [4.78, 5) is 2.59. The summed E-state index contributed by atoms with van der Waals surface area (Å²) < 4.78 is 0. The highest BCUT2D eigenvalue weighted by Gasteiger charge is 2.34. The van der Waals surface area contributed by atoms with Crippen molar-refractivity contribution in [2.45, 2.75) is 72.3 Å². The molecule has 1 unspecified atom stereocenters. The molecular formula is C16H32BrN. The van der Waals surface area contributed by atoms with Crippen molar-refractivity contribution in [1.82, 2.24) is 4.90 Å². The van der Waals surface area contributed by atoms with Crippen LogP contribution in [0.2, 0.25) is 0 Å². The van der Waals surface area contributed by atoms with Gasteiger partial charge in [-0.15, -0.1) is 0 Å².